The van der Waals surface area contributed by atoms with Crippen LogP contribution in [0.5, 0.6) is 5.75 Å². The molecule has 0 atom stereocenters. The Hall–Kier alpha value is -3.20. The van der Waals surface area contributed by atoms with Crippen LogP contribution in [0.1, 0.15) is 5.76 Å². The molecule has 0 aliphatic rings. The summed E-state index contributed by atoms with van der Waals surface area (Å²) in [6.45, 7) is 0.653. The molecule has 0 saturated heterocycles. The van der Waals surface area contributed by atoms with Gasteiger partial charge in [-0.05, 0) is 34.7 Å². The molecule has 9 nitrogen and oxygen atoms in total. The molecule has 3 rings (SSSR count). The van der Waals surface area contributed by atoms with Gasteiger partial charge in [-0.3, -0.25) is 4.79 Å². The summed E-state index contributed by atoms with van der Waals surface area (Å²) in [5.74, 6) is 1.15. The minimum atomic E-state index is -0.168. The first kappa shape index (κ1) is 15.7. The second-order valence-corrected chi connectivity index (χ2v) is 4.87. The number of nitrogens with one attached hydrogen (secondary N) is 2. The van der Waals surface area contributed by atoms with Gasteiger partial charge in [-0.15, -0.1) is 5.10 Å². The van der Waals surface area contributed by atoms with Gasteiger partial charge < -0.3 is 19.8 Å². The molecule has 2 aromatic heterocycles. The zero-order valence-electron chi connectivity index (χ0n) is 13.0. The fraction of sp³-hybridized carbons (Fsp3) is 0.200. The Bertz CT molecular complexity index is 786. The van der Waals surface area contributed by atoms with Crippen LogP contribution in [0.15, 0.2) is 47.3 Å². The van der Waals surface area contributed by atoms with Gasteiger partial charge in [0.2, 0.25) is 5.91 Å². The zero-order chi connectivity index (χ0) is 16.8. The maximum Gasteiger partial charge on any atom is 0.238 e. The molecular formula is C15H16N6O3. The number of tetrazole rings is 1. The molecule has 0 bridgehead atoms. The lowest BCUT2D eigenvalue weighted by Crippen LogP contribution is -2.27. The van der Waals surface area contributed by atoms with Gasteiger partial charge in [-0.2, -0.15) is 4.68 Å². The fourth-order valence-corrected chi connectivity index (χ4v) is 2.13. The molecule has 1 aromatic carbocycles. The van der Waals surface area contributed by atoms with Crippen molar-refractivity contribution in [2.45, 2.75) is 6.54 Å². The number of methoxy groups -OCH3 is 1. The molecule has 0 aliphatic heterocycles. The molecular weight excluding hydrogens is 312 g/mol. The van der Waals surface area contributed by atoms with Crippen molar-refractivity contribution >= 4 is 11.6 Å². The van der Waals surface area contributed by atoms with E-state index in [1.807, 2.05) is 6.07 Å². The number of aromatic nitrogens is 4. The van der Waals surface area contributed by atoms with E-state index in [-0.39, 0.29) is 12.5 Å². The van der Waals surface area contributed by atoms with E-state index in [0.717, 1.165) is 5.76 Å². The standard InChI is InChI=1S/C15H16N6O3/c1-23-14-7-11(4-5-13(14)21-10-17-19-20-21)18-15(22)9-16-8-12-3-2-6-24-12/h2-7,10,16H,8-9H2,1H3,(H,18,22). The normalized spacial score (nSPS) is 10.5. The lowest BCUT2D eigenvalue weighted by molar-refractivity contribution is -0.115. The summed E-state index contributed by atoms with van der Waals surface area (Å²) in [6, 6.07) is 8.87. The highest BCUT2D eigenvalue weighted by molar-refractivity contribution is 5.92. The summed E-state index contributed by atoms with van der Waals surface area (Å²) in [4.78, 5) is 12.0. The Labute approximate surface area is 137 Å². The number of amides is 1. The Morgan fingerprint density at radius 1 is 1.38 bits per heavy atom. The minimum Gasteiger partial charge on any atom is -0.494 e. The van der Waals surface area contributed by atoms with Crippen molar-refractivity contribution in [1.29, 1.82) is 0 Å². The van der Waals surface area contributed by atoms with Crippen molar-refractivity contribution in [3.8, 4) is 11.4 Å². The van der Waals surface area contributed by atoms with Gasteiger partial charge in [-0.25, -0.2) is 0 Å². The first-order valence-electron chi connectivity index (χ1n) is 7.20. The summed E-state index contributed by atoms with van der Waals surface area (Å²) in [6.07, 6.45) is 3.06. The second-order valence-electron chi connectivity index (χ2n) is 4.87. The van der Waals surface area contributed by atoms with Crippen LogP contribution in [-0.2, 0) is 11.3 Å². The number of carbonyl (C=O) groups is 1. The molecule has 3 aromatic rings. The van der Waals surface area contributed by atoms with Crippen LogP contribution in [0, 0.1) is 0 Å². The molecule has 0 spiro atoms. The summed E-state index contributed by atoms with van der Waals surface area (Å²) in [5.41, 5.74) is 1.30. The molecule has 9 heteroatoms. The summed E-state index contributed by atoms with van der Waals surface area (Å²) in [5, 5.41) is 16.8. The van der Waals surface area contributed by atoms with E-state index in [9.17, 15) is 4.79 Å². The van der Waals surface area contributed by atoms with Gasteiger partial charge in [0, 0.05) is 11.8 Å². The van der Waals surface area contributed by atoms with Gasteiger partial charge in [0.15, 0.2) is 0 Å². The highest BCUT2D eigenvalue weighted by Gasteiger charge is 2.09. The maximum atomic E-state index is 12.0. The smallest absolute Gasteiger partial charge is 0.238 e. The largest absolute Gasteiger partial charge is 0.494 e. The molecule has 0 unspecified atom stereocenters. The number of ether oxygens (including phenoxy) is 1. The van der Waals surface area contributed by atoms with E-state index in [1.165, 1.54) is 11.0 Å². The molecule has 2 heterocycles. The lowest BCUT2D eigenvalue weighted by atomic mass is 10.2. The number of carbonyl (C=O) groups excluding carboxylic acids is 1. The van der Waals surface area contributed by atoms with Crippen LogP contribution in [0.4, 0.5) is 5.69 Å². The van der Waals surface area contributed by atoms with Gasteiger partial charge in [-0.1, -0.05) is 0 Å². The quantitative estimate of drug-likeness (QED) is 0.666. The number of furan rings is 1. The number of rotatable bonds is 7. The monoisotopic (exact) mass is 328 g/mol. The van der Waals surface area contributed by atoms with E-state index >= 15 is 0 Å². The van der Waals surface area contributed by atoms with Crippen LogP contribution in [0.2, 0.25) is 0 Å². The fourth-order valence-electron chi connectivity index (χ4n) is 2.13. The molecule has 0 fully saturated rings. The third-order valence-corrected chi connectivity index (χ3v) is 3.22. The molecule has 0 radical (unpaired) electrons. The molecule has 1 amide bonds. The van der Waals surface area contributed by atoms with E-state index in [1.54, 1.807) is 37.6 Å². The Morgan fingerprint density at radius 3 is 3.00 bits per heavy atom. The van der Waals surface area contributed by atoms with Crippen molar-refractivity contribution < 1.29 is 13.9 Å². The first-order chi connectivity index (χ1) is 11.8. The van der Waals surface area contributed by atoms with Crippen LogP contribution in [0.25, 0.3) is 5.69 Å². The summed E-state index contributed by atoms with van der Waals surface area (Å²) < 4.78 is 12.0. The summed E-state index contributed by atoms with van der Waals surface area (Å²) in [7, 11) is 1.54. The number of nitrogens with zero attached hydrogens (tertiary/aromatic N) is 4. The first-order valence-corrected chi connectivity index (χ1v) is 7.20. The average molecular weight is 328 g/mol. The summed E-state index contributed by atoms with van der Waals surface area (Å²) >= 11 is 0. The third kappa shape index (κ3) is 3.76. The molecule has 0 saturated carbocycles. The number of benzene rings is 1. The Kier molecular flexibility index (Phi) is 4.82. The number of hydrogen-bond acceptors (Lipinski definition) is 7. The predicted molar refractivity (Wildman–Crippen MR) is 84.8 cm³/mol. The highest BCUT2D eigenvalue weighted by atomic mass is 16.5. The predicted octanol–water partition coefficient (Wildman–Crippen LogP) is 0.992. The number of anilines is 1. The molecule has 24 heavy (non-hydrogen) atoms. The van der Waals surface area contributed by atoms with Crippen LogP contribution < -0.4 is 15.4 Å². The topological polar surface area (TPSA) is 107 Å². The minimum absolute atomic E-state index is 0.164. The van der Waals surface area contributed by atoms with Crippen molar-refractivity contribution in [2.75, 3.05) is 19.0 Å². The van der Waals surface area contributed by atoms with E-state index in [2.05, 4.69) is 26.2 Å². The second kappa shape index (κ2) is 7.38. The third-order valence-electron chi connectivity index (χ3n) is 3.22. The molecule has 124 valence electrons. The van der Waals surface area contributed by atoms with Crippen molar-refractivity contribution in [3.05, 3.63) is 48.7 Å². The Morgan fingerprint density at radius 2 is 2.29 bits per heavy atom. The van der Waals surface area contributed by atoms with Crippen molar-refractivity contribution in [2.24, 2.45) is 0 Å². The number of hydrogen-bond donors (Lipinski definition) is 2. The molecule has 2 N–H and O–H groups in total. The maximum absolute atomic E-state index is 12.0. The van der Waals surface area contributed by atoms with Crippen LogP contribution in [0.3, 0.4) is 0 Å². The van der Waals surface area contributed by atoms with Crippen molar-refractivity contribution in [1.82, 2.24) is 25.5 Å². The van der Waals surface area contributed by atoms with Gasteiger partial charge in [0.05, 0.1) is 26.5 Å². The zero-order valence-corrected chi connectivity index (χ0v) is 13.0. The van der Waals surface area contributed by atoms with Gasteiger partial charge in [0.1, 0.15) is 23.5 Å². The van der Waals surface area contributed by atoms with E-state index < -0.39 is 0 Å². The Balaban J connectivity index is 1.59. The van der Waals surface area contributed by atoms with E-state index in [4.69, 9.17) is 9.15 Å². The highest BCUT2D eigenvalue weighted by Crippen LogP contribution is 2.25. The van der Waals surface area contributed by atoms with Crippen LogP contribution >= 0.6 is 0 Å². The van der Waals surface area contributed by atoms with Crippen LogP contribution in [-0.4, -0.2) is 39.8 Å². The molecule has 0 aliphatic carbocycles. The van der Waals surface area contributed by atoms with Gasteiger partial charge >= 0.3 is 0 Å². The SMILES string of the molecule is COc1cc(NC(=O)CNCc2ccco2)ccc1-n1cnnn1. The lowest BCUT2D eigenvalue weighted by Gasteiger charge is -2.11. The average Bonchev–Trinajstić information content (AvgIpc) is 3.28. The van der Waals surface area contributed by atoms with Gasteiger partial charge in [0.25, 0.3) is 0 Å². The van der Waals surface area contributed by atoms with Crippen molar-refractivity contribution in [3.63, 3.8) is 0 Å². The van der Waals surface area contributed by atoms with E-state index in [0.29, 0.717) is 23.7 Å².